The van der Waals surface area contributed by atoms with Crippen LogP contribution in [0.3, 0.4) is 0 Å². The predicted octanol–water partition coefficient (Wildman–Crippen LogP) is 3.35. The van der Waals surface area contributed by atoms with Crippen LogP contribution in [0.5, 0.6) is 5.75 Å². The number of nitrogens with one attached hydrogen (secondary N) is 1. The van der Waals surface area contributed by atoms with Crippen LogP contribution < -0.4 is 15.6 Å². The van der Waals surface area contributed by atoms with Gasteiger partial charge in [0.1, 0.15) is 24.0 Å². The standard InChI is InChI=1S/C23H23N5O3/c1-15(2)16-4-8-18(9-5-16)28-22-20(12-25-28)23(30)27(14-24-22)13-21(29)26-17-6-10-19(31-3)11-7-17/h4-12,14-15H,13H2,1-3H3,(H,26,29). The van der Waals surface area contributed by atoms with E-state index >= 15 is 0 Å². The summed E-state index contributed by atoms with van der Waals surface area (Å²) in [6, 6.07) is 14.9. The van der Waals surface area contributed by atoms with Gasteiger partial charge < -0.3 is 10.1 Å². The number of methoxy groups -OCH3 is 1. The summed E-state index contributed by atoms with van der Waals surface area (Å²) in [5, 5.41) is 7.45. The first kappa shape index (κ1) is 20.3. The van der Waals surface area contributed by atoms with Crippen LogP contribution in [0, 0.1) is 0 Å². The van der Waals surface area contributed by atoms with Crippen LogP contribution in [0.15, 0.2) is 65.8 Å². The number of carbonyl (C=O) groups is 1. The maximum atomic E-state index is 12.9. The van der Waals surface area contributed by atoms with Crippen molar-refractivity contribution in [3.8, 4) is 11.4 Å². The lowest BCUT2D eigenvalue weighted by molar-refractivity contribution is -0.116. The second-order valence-corrected chi connectivity index (χ2v) is 7.49. The van der Waals surface area contributed by atoms with Crippen LogP contribution in [-0.2, 0) is 11.3 Å². The molecule has 0 saturated heterocycles. The summed E-state index contributed by atoms with van der Waals surface area (Å²) in [6.07, 6.45) is 2.86. The average molecular weight is 417 g/mol. The average Bonchev–Trinajstić information content (AvgIpc) is 3.21. The number of amides is 1. The topological polar surface area (TPSA) is 91.0 Å². The zero-order valence-corrected chi connectivity index (χ0v) is 17.6. The minimum atomic E-state index is -0.329. The molecule has 0 atom stereocenters. The molecule has 4 rings (SSSR count). The van der Waals surface area contributed by atoms with Gasteiger partial charge >= 0.3 is 0 Å². The summed E-state index contributed by atoms with van der Waals surface area (Å²) in [4.78, 5) is 29.6. The monoisotopic (exact) mass is 417 g/mol. The fourth-order valence-corrected chi connectivity index (χ4v) is 3.28. The van der Waals surface area contributed by atoms with Gasteiger partial charge in [0.15, 0.2) is 5.65 Å². The predicted molar refractivity (Wildman–Crippen MR) is 119 cm³/mol. The molecule has 0 bridgehead atoms. The molecule has 0 aliphatic heterocycles. The van der Waals surface area contributed by atoms with Crippen molar-refractivity contribution in [1.29, 1.82) is 0 Å². The highest BCUT2D eigenvalue weighted by atomic mass is 16.5. The third-order valence-corrected chi connectivity index (χ3v) is 5.05. The summed E-state index contributed by atoms with van der Waals surface area (Å²) in [5.41, 5.74) is 2.79. The minimum absolute atomic E-state index is 0.151. The van der Waals surface area contributed by atoms with Crippen molar-refractivity contribution in [2.75, 3.05) is 12.4 Å². The summed E-state index contributed by atoms with van der Waals surface area (Å²) in [7, 11) is 1.58. The fraction of sp³-hybridized carbons (Fsp3) is 0.217. The van der Waals surface area contributed by atoms with E-state index < -0.39 is 0 Å². The van der Waals surface area contributed by atoms with Gasteiger partial charge in [-0.05, 0) is 47.9 Å². The largest absolute Gasteiger partial charge is 0.497 e. The van der Waals surface area contributed by atoms with E-state index in [0.717, 1.165) is 5.69 Å². The van der Waals surface area contributed by atoms with Gasteiger partial charge in [-0.15, -0.1) is 0 Å². The van der Waals surface area contributed by atoms with E-state index in [-0.39, 0.29) is 18.0 Å². The Morgan fingerprint density at radius 1 is 1.10 bits per heavy atom. The molecule has 158 valence electrons. The Kier molecular flexibility index (Phi) is 5.53. The van der Waals surface area contributed by atoms with E-state index in [2.05, 4.69) is 29.2 Å². The number of carbonyl (C=O) groups excluding carboxylic acids is 1. The van der Waals surface area contributed by atoms with E-state index in [1.54, 1.807) is 36.1 Å². The number of nitrogens with zero attached hydrogens (tertiary/aromatic N) is 4. The number of aromatic nitrogens is 4. The maximum absolute atomic E-state index is 12.9. The van der Waals surface area contributed by atoms with Gasteiger partial charge in [0.25, 0.3) is 5.56 Å². The summed E-state index contributed by atoms with van der Waals surface area (Å²) in [6.45, 7) is 4.11. The number of anilines is 1. The van der Waals surface area contributed by atoms with Gasteiger partial charge in [-0.1, -0.05) is 26.0 Å². The summed E-state index contributed by atoms with van der Waals surface area (Å²) in [5.74, 6) is 0.794. The first-order chi connectivity index (χ1) is 15.0. The number of hydrogen-bond donors (Lipinski definition) is 1. The van der Waals surface area contributed by atoms with Crippen LogP contribution in [0.25, 0.3) is 16.7 Å². The van der Waals surface area contributed by atoms with Crippen molar-refractivity contribution in [1.82, 2.24) is 19.3 Å². The Bertz CT molecular complexity index is 1270. The molecule has 0 aliphatic rings. The van der Waals surface area contributed by atoms with Crippen molar-refractivity contribution >= 4 is 22.6 Å². The van der Waals surface area contributed by atoms with E-state index in [9.17, 15) is 9.59 Å². The molecule has 0 saturated carbocycles. The highest BCUT2D eigenvalue weighted by Crippen LogP contribution is 2.19. The van der Waals surface area contributed by atoms with Gasteiger partial charge in [0, 0.05) is 5.69 Å². The van der Waals surface area contributed by atoms with Crippen molar-refractivity contribution in [2.45, 2.75) is 26.3 Å². The van der Waals surface area contributed by atoms with Gasteiger partial charge in [-0.3, -0.25) is 14.2 Å². The molecule has 4 aromatic rings. The van der Waals surface area contributed by atoms with Crippen molar-refractivity contribution < 1.29 is 9.53 Å². The molecule has 2 aromatic heterocycles. The van der Waals surface area contributed by atoms with E-state index in [1.807, 2.05) is 24.3 Å². The molecule has 8 heteroatoms. The van der Waals surface area contributed by atoms with Gasteiger partial charge in [-0.2, -0.15) is 5.10 Å². The number of rotatable bonds is 6. The van der Waals surface area contributed by atoms with E-state index in [4.69, 9.17) is 4.74 Å². The Labute approximate surface area is 179 Å². The third kappa shape index (κ3) is 4.18. The van der Waals surface area contributed by atoms with Crippen LogP contribution in [0.4, 0.5) is 5.69 Å². The van der Waals surface area contributed by atoms with Crippen LogP contribution >= 0.6 is 0 Å². The molecule has 31 heavy (non-hydrogen) atoms. The highest BCUT2D eigenvalue weighted by molar-refractivity contribution is 5.90. The minimum Gasteiger partial charge on any atom is -0.497 e. The Balaban J connectivity index is 1.55. The van der Waals surface area contributed by atoms with E-state index in [0.29, 0.717) is 28.4 Å². The maximum Gasteiger partial charge on any atom is 0.264 e. The molecule has 0 radical (unpaired) electrons. The van der Waals surface area contributed by atoms with E-state index in [1.165, 1.54) is 22.7 Å². The normalized spacial score (nSPS) is 11.1. The van der Waals surface area contributed by atoms with Crippen LogP contribution in [-0.4, -0.2) is 32.3 Å². The molecule has 0 unspecified atom stereocenters. The second-order valence-electron chi connectivity index (χ2n) is 7.49. The SMILES string of the molecule is COc1ccc(NC(=O)Cn2cnc3c(cnn3-c3ccc(C(C)C)cc3)c2=O)cc1. The van der Waals surface area contributed by atoms with Gasteiger partial charge in [0.2, 0.25) is 5.91 Å². The Morgan fingerprint density at radius 2 is 1.81 bits per heavy atom. The van der Waals surface area contributed by atoms with Crippen molar-refractivity contribution in [3.63, 3.8) is 0 Å². The second kappa shape index (κ2) is 8.43. The summed E-state index contributed by atoms with van der Waals surface area (Å²) < 4.78 is 8.00. The first-order valence-electron chi connectivity index (χ1n) is 9.93. The lowest BCUT2D eigenvalue weighted by Gasteiger charge is -2.09. The molecule has 1 amide bonds. The number of ether oxygens (including phenoxy) is 1. The summed E-state index contributed by atoms with van der Waals surface area (Å²) >= 11 is 0. The van der Waals surface area contributed by atoms with Crippen molar-refractivity contribution in [2.24, 2.45) is 0 Å². The highest BCUT2D eigenvalue weighted by Gasteiger charge is 2.13. The molecule has 0 spiro atoms. The van der Waals surface area contributed by atoms with Gasteiger partial charge in [-0.25, -0.2) is 9.67 Å². The van der Waals surface area contributed by atoms with Gasteiger partial charge in [0.05, 0.1) is 19.0 Å². The molecule has 1 N–H and O–H groups in total. The van der Waals surface area contributed by atoms with Crippen molar-refractivity contribution in [3.05, 3.63) is 77.0 Å². The smallest absolute Gasteiger partial charge is 0.264 e. The van der Waals surface area contributed by atoms with Crippen LogP contribution in [0.1, 0.15) is 25.3 Å². The molecular formula is C23H23N5O3. The quantitative estimate of drug-likeness (QED) is 0.520. The Morgan fingerprint density at radius 3 is 2.45 bits per heavy atom. The fourth-order valence-electron chi connectivity index (χ4n) is 3.28. The number of hydrogen-bond acceptors (Lipinski definition) is 5. The third-order valence-electron chi connectivity index (χ3n) is 5.05. The molecule has 0 fully saturated rings. The van der Waals surface area contributed by atoms with Crippen LogP contribution in [0.2, 0.25) is 0 Å². The lowest BCUT2D eigenvalue weighted by atomic mass is 10.0. The molecule has 2 heterocycles. The number of benzene rings is 2. The Hall–Kier alpha value is -3.94. The first-order valence-corrected chi connectivity index (χ1v) is 9.93. The molecule has 2 aromatic carbocycles. The zero-order chi connectivity index (χ0) is 22.0. The molecular weight excluding hydrogens is 394 g/mol. The molecule has 0 aliphatic carbocycles. The lowest BCUT2D eigenvalue weighted by Crippen LogP contribution is -2.27. The number of fused-ring (bicyclic) bond motifs is 1. The molecule has 8 nitrogen and oxygen atoms in total. The zero-order valence-electron chi connectivity index (χ0n) is 17.6.